The number of piperidine rings is 1. The van der Waals surface area contributed by atoms with E-state index >= 15 is 0 Å². The average Bonchev–Trinajstić information content (AvgIpc) is 2.71. The van der Waals surface area contributed by atoms with Gasteiger partial charge in [0.25, 0.3) is 0 Å². The van der Waals surface area contributed by atoms with E-state index in [1.807, 2.05) is 0 Å². The highest BCUT2D eigenvalue weighted by atomic mass is 16.5. The van der Waals surface area contributed by atoms with E-state index in [0.717, 1.165) is 38.8 Å². The third-order valence-electron chi connectivity index (χ3n) is 3.20. The Morgan fingerprint density at radius 1 is 1.43 bits per heavy atom. The number of aliphatic carboxylic acids is 1. The van der Waals surface area contributed by atoms with E-state index in [0.29, 0.717) is 0 Å². The smallest absolute Gasteiger partial charge is 0.306 e. The summed E-state index contributed by atoms with van der Waals surface area (Å²) in [5.74, 6) is -0.833. The first-order valence-electron chi connectivity index (χ1n) is 5.35. The van der Waals surface area contributed by atoms with Crippen LogP contribution in [0.5, 0.6) is 0 Å². The second kappa shape index (κ2) is 4.28. The zero-order valence-corrected chi connectivity index (χ0v) is 8.24. The lowest BCUT2D eigenvalue weighted by Gasteiger charge is -2.31. The summed E-state index contributed by atoms with van der Waals surface area (Å²) in [6, 6.07) is 0.257. The second-order valence-corrected chi connectivity index (χ2v) is 4.17. The molecule has 0 saturated carbocycles. The summed E-state index contributed by atoms with van der Waals surface area (Å²) in [6.07, 6.45) is 3.90. The van der Waals surface area contributed by atoms with E-state index in [2.05, 4.69) is 5.32 Å². The van der Waals surface area contributed by atoms with Crippen LogP contribution in [0.25, 0.3) is 0 Å². The van der Waals surface area contributed by atoms with Gasteiger partial charge in [-0.15, -0.1) is 0 Å². The predicted octanol–water partition coefficient (Wildman–Crippen LogP) is 0.618. The van der Waals surface area contributed by atoms with Gasteiger partial charge >= 0.3 is 5.97 Å². The van der Waals surface area contributed by atoms with Gasteiger partial charge in [0.15, 0.2) is 0 Å². The van der Waals surface area contributed by atoms with Crippen molar-refractivity contribution in [1.29, 1.82) is 0 Å². The molecule has 0 radical (unpaired) electrons. The van der Waals surface area contributed by atoms with Crippen molar-refractivity contribution >= 4 is 5.97 Å². The Morgan fingerprint density at radius 3 is 2.93 bits per heavy atom. The molecular formula is C10H17NO3. The standard InChI is InChI=1S/C10H17NO3/c12-10(13)7-3-4-11-8(6-7)9-2-1-5-14-9/h7-9,11H,1-6H2,(H,12,13). The van der Waals surface area contributed by atoms with Crippen molar-refractivity contribution in [2.45, 2.75) is 37.8 Å². The van der Waals surface area contributed by atoms with Crippen molar-refractivity contribution in [1.82, 2.24) is 5.32 Å². The highest BCUT2D eigenvalue weighted by Crippen LogP contribution is 2.24. The van der Waals surface area contributed by atoms with Crippen molar-refractivity contribution in [2.24, 2.45) is 5.92 Å². The molecule has 0 amide bonds. The second-order valence-electron chi connectivity index (χ2n) is 4.17. The molecule has 14 heavy (non-hydrogen) atoms. The molecule has 2 saturated heterocycles. The van der Waals surface area contributed by atoms with Crippen LogP contribution in [0.3, 0.4) is 0 Å². The van der Waals surface area contributed by atoms with Gasteiger partial charge in [0.2, 0.25) is 0 Å². The van der Waals surface area contributed by atoms with Gasteiger partial charge in [-0.2, -0.15) is 0 Å². The Bertz CT molecular complexity index is 213. The molecule has 2 heterocycles. The van der Waals surface area contributed by atoms with E-state index in [1.165, 1.54) is 0 Å². The summed E-state index contributed by atoms with van der Waals surface area (Å²) >= 11 is 0. The molecule has 4 nitrogen and oxygen atoms in total. The zero-order valence-electron chi connectivity index (χ0n) is 8.24. The minimum atomic E-state index is -0.658. The lowest BCUT2D eigenvalue weighted by atomic mass is 9.89. The van der Waals surface area contributed by atoms with Crippen LogP contribution in [0.1, 0.15) is 25.7 Å². The Balaban J connectivity index is 1.89. The molecule has 80 valence electrons. The first kappa shape index (κ1) is 9.93. The molecule has 0 aromatic carbocycles. The van der Waals surface area contributed by atoms with Crippen LogP contribution < -0.4 is 5.32 Å². The zero-order chi connectivity index (χ0) is 9.97. The van der Waals surface area contributed by atoms with Crippen molar-refractivity contribution in [3.63, 3.8) is 0 Å². The van der Waals surface area contributed by atoms with Crippen molar-refractivity contribution in [3.8, 4) is 0 Å². The van der Waals surface area contributed by atoms with Crippen LogP contribution in [0.15, 0.2) is 0 Å². The molecule has 2 N–H and O–H groups in total. The Morgan fingerprint density at radius 2 is 2.29 bits per heavy atom. The molecule has 2 aliphatic rings. The number of nitrogens with one attached hydrogen (secondary N) is 1. The van der Waals surface area contributed by atoms with E-state index in [4.69, 9.17) is 9.84 Å². The Labute approximate surface area is 83.6 Å². The van der Waals surface area contributed by atoms with Gasteiger partial charge in [-0.05, 0) is 32.2 Å². The number of carbonyl (C=O) groups is 1. The maximum atomic E-state index is 10.8. The van der Waals surface area contributed by atoms with Crippen molar-refractivity contribution in [3.05, 3.63) is 0 Å². The average molecular weight is 199 g/mol. The molecule has 2 rings (SSSR count). The Hall–Kier alpha value is -0.610. The van der Waals surface area contributed by atoms with E-state index in [-0.39, 0.29) is 18.1 Å². The van der Waals surface area contributed by atoms with Crippen LogP contribution in [0, 0.1) is 5.92 Å². The molecule has 2 aliphatic heterocycles. The maximum absolute atomic E-state index is 10.8. The normalized spacial score (nSPS) is 38.4. The van der Waals surface area contributed by atoms with Gasteiger partial charge < -0.3 is 15.2 Å². The fourth-order valence-electron chi connectivity index (χ4n) is 2.38. The molecule has 0 spiro atoms. The number of hydrogen-bond donors (Lipinski definition) is 2. The van der Waals surface area contributed by atoms with Crippen LogP contribution in [0.4, 0.5) is 0 Å². The molecule has 0 bridgehead atoms. The first-order valence-corrected chi connectivity index (χ1v) is 5.35. The number of carboxylic acids is 1. The minimum Gasteiger partial charge on any atom is -0.481 e. The summed E-state index contributed by atoms with van der Waals surface area (Å²) in [6.45, 7) is 1.64. The molecule has 3 unspecified atom stereocenters. The van der Waals surface area contributed by atoms with Crippen LogP contribution in [-0.4, -0.2) is 36.4 Å². The third-order valence-corrected chi connectivity index (χ3v) is 3.20. The molecule has 2 fully saturated rings. The SMILES string of the molecule is O=C(O)C1CCNC(C2CCCO2)C1. The number of carboxylic acid groups (broad SMARTS) is 1. The van der Waals surface area contributed by atoms with E-state index in [1.54, 1.807) is 0 Å². The van der Waals surface area contributed by atoms with E-state index in [9.17, 15) is 4.79 Å². The molecule has 4 heteroatoms. The molecule has 0 aromatic heterocycles. The fraction of sp³-hybridized carbons (Fsp3) is 0.900. The van der Waals surface area contributed by atoms with Gasteiger partial charge in [-0.25, -0.2) is 0 Å². The van der Waals surface area contributed by atoms with Crippen LogP contribution >= 0.6 is 0 Å². The van der Waals surface area contributed by atoms with Gasteiger partial charge in [-0.3, -0.25) is 4.79 Å². The number of ether oxygens (including phenoxy) is 1. The van der Waals surface area contributed by atoms with E-state index < -0.39 is 5.97 Å². The number of rotatable bonds is 2. The molecule has 0 aliphatic carbocycles. The van der Waals surface area contributed by atoms with Crippen LogP contribution in [0.2, 0.25) is 0 Å². The monoisotopic (exact) mass is 199 g/mol. The topological polar surface area (TPSA) is 58.6 Å². The Kier molecular flexibility index (Phi) is 3.03. The molecular weight excluding hydrogens is 182 g/mol. The summed E-state index contributed by atoms with van der Waals surface area (Å²) in [5.41, 5.74) is 0. The quantitative estimate of drug-likeness (QED) is 0.684. The molecule has 0 aromatic rings. The maximum Gasteiger partial charge on any atom is 0.306 e. The molecule has 3 atom stereocenters. The summed E-state index contributed by atoms with van der Waals surface area (Å²) < 4.78 is 5.57. The van der Waals surface area contributed by atoms with Gasteiger partial charge in [-0.1, -0.05) is 0 Å². The van der Waals surface area contributed by atoms with Crippen LogP contribution in [-0.2, 0) is 9.53 Å². The lowest BCUT2D eigenvalue weighted by molar-refractivity contribution is -0.143. The number of hydrogen-bond acceptors (Lipinski definition) is 3. The summed E-state index contributed by atoms with van der Waals surface area (Å²) in [5, 5.41) is 12.3. The largest absolute Gasteiger partial charge is 0.481 e. The van der Waals surface area contributed by atoms with Gasteiger partial charge in [0, 0.05) is 12.6 Å². The minimum absolute atomic E-state index is 0.176. The van der Waals surface area contributed by atoms with Gasteiger partial charge in [0.1, 0.15) is 0 Å². The van der Waals surface area contributed by atoms with Crippen molar-refractivity contribution < 1.29 is 14.6 Å². The van der Waals surface area contributed by atoms with Gasteiger partial charge in [0.05, 0.1) is 12.0 Å². The fourth-order valence-corrected chi connectivity index (χ4v) is 2.38. The third kappa shape index (κ3) is 2.07. The predicted molar refractivity (Wildman–Crippen MR) is 51.1 cm³/mol. The van der Waals surface area contributed by atoms with Crippen molar-refractivity contribution in [2.75, 3.05) is 13.2 Å². The first-order chi connectivity index (χ1) is 6.77. The summed E-state index contributed by atoms with van der Waals surface area (Å²) in [7, 11) is 0. The lowest BCUT2D eigenvalue weighted by Crippen LogP contribution is -2.47. The summed E-state index contributed by atoms with van der Waals surface area (Å²) in [4.78, 5) is 10.8. The highest BCUT2D eigenvalue weighted by molar-refractivity contribution is 5.70. The highest BCUT2D eigenvalue weighted by Gasteiger charge is 2.33.